The third-order valence-corrected chi connectivity index (χ3v) is 1.76. The molecule has 0 aromatic heterocycles. The van der Waals surface area contributed by atoms with Gasteiger partial charge in [-0.05, 0) is 24.6 Å². The molecule has 0 aliphatic carbocycles. The molecule has 0 aliphatic heterocycles. The third-order valence-electron chi connectivity index (χ3n) is 1.76. The van der Waals surface area contributed by atoms with E-state index in [4.69, 9.17) is 10.2 Å². The SMILES string of the molecule is CC(C(=O)O)c1ccc(O)cc1.[H-].[Na+]. The van der Waals surface area contributed by atoms with Gasteiger partial charge in [0.2, 0.25) is 0 Å². The number of aliphatic carboxylic acids is 1. The summed E-state index contributed by atoms with van der Waals surface area (Å²) in [6.07, 6.45) is 0. The summed E-state index contributed by atoms with van der Waals surface area (Å²) in [5, 5.41) is 17.6. The Hall–Kier alpha value is -0.510. The third kappa shape index (κ3) is 3.38. The first-order valence-corrected chi connectivity index (χ1v) is 3.63. The average molecular weight is 190 g/mol. The maximum atomic E-state index is 10.5. The minimum atomic E-state index is -0.860. The summed E-state index contributed by atoms with van der Waals surface area (Å²) >= 11 is 0. The average Bonchev–Trinajstić information content (AvgIpc) is 2.04. The van der Waals surface area contributed by atoms with Crippen LogP contribution in [0.3, 0.4) is 0 Å². The predicted octanol–water partition coefficient (Wildman–Crippen LogP) is -1.30. The molecular formula is C9H11NaO3. The number of carbonyl (C=O) groups is 1. The molecule has 0 saturated heterocycles. The van der Waals surface area contributed by atoms with E-state index in [9.17, 15) is 4.79 Å². The molecule has 0 bridgehead atoms. The van der Waals surface area contributed by atoms with Gasteiger partial charge in [-0.3, -0.25) is 4.79 Å². The van der Waals surface area contributed by atoms with Gasteiger partial charge in [0.1, 0.15) is 5.75 Å². The molecule has 4 heteroatoms. The van der Waals surface area contributed by atoms with Crippen LogP contribution in [-0.4, -0.2) is 16.2 Å². The van der Waals surface area contributed by atoms with Gasteiger partial charge in [-0.25, -0.2) is 0 Å². The van der Waals surface area contributed by atoms with Crippen molar-refractivity contribution in [1.29, 1.82) is 0 Å². The van der Waals surface area contributed by atoms with Crippen LogP contribution in [0.5, 0.6) is 5.75 Å². The molecule has 0 radical (unpaired) electrons. The van der Waals surface area contributed by atoms with Crippen LogP contribution in [0.4, 0.5) is 0 Å². The van der Waals surface area contributed by atoms with Gasteiger partial charge in [0.25, 0.3) is 0 Å². The van der Waals surface area contributed by atoms with E-state index in [1.807, 2.05) is 0 Å². The van der Waals surface area contributed by atoms with Gasteiger partial charge in [0.15, 0.2) is 0 Å². The van der Waals surface area contributed by atoms with Crippen LogP contribution >= 0.6 is 0 Å². The van der Waals surface area contributed by atoms with Crippen LogP contribution in [0.25, 0.3) is 0 Å². The van der Waals surface area contributed by atoms with Crippen molar-refractivity contribution < 1.29 is 46.0 Å². The van der Waals surface area contributed by atoms with E-state index in [1.54, 1.807) is 19.1 Å². The largest absolute Gasteiger partial charge is 1.00 e. The Morgan fingerprint density at radius 1 is 1.38 bits per heavy atom. The Labute approximate surface area is 100 Å². The molecule has 1 unspecified atom stereocenters. The number of carboxylic acid groups (broad SMARTS) is 1. The minimum absolute atomic E-state index is 0. The van der Waals surface area contributed by atoms with E-state index < -0.39 is 11.9 Å². The van der Waals surface area contributed by atoms with E-state index >= 15 is 0 Å². The summed E-state index contributed by atoms with van der Waals surface area (Å²) in [7, 11) is 0. The second-order valence-corrected chi connectivity index (χ2v) is 2.65. The minimum Gasteiger partial charge on any atom is -1.00 e. The fourth-order valence-corrected chi connectivity index (χ4v) is 0.906. The van der Waals surface area contributed by atoms with Gasteiger partial charge >= 0.3 is 35.5 Å². The molecule has 0 heterocycles. The second kappa shape index (κ2) is 5.27. The summed E-state index contributed by atoms with van der Waals surface area (Å²) < 4.78 is 0. The standard InChI is InChI=1S/C9H10O3.Na.H/c1-6(9(11)12)7-2-4-8(10)5-3-7;;/h2-6,10H,1H3,(H,11,12);;/q;+1;-1. The summed E-state index contributed by atoms with van der Waals surface area (Å²) in [6, 6.07) is 6.17. The first-order chi connectivity index (χ1) is 5.61. The number of benzene rings is 1. The maximum Gasteiger partial charge on any atom is 1.00 e. The van der Waals surface area contributed by atoms with Crippen molar-refractivity contribution in [1.82, 2.24) is 0 Å². The number of phenolic OH excluding ortho intramolecular Hbond substituents is 1. The van der Waals surface area contributed by atoms with E-state index in [1.165, 1.54) is 12.1 Å². The Morgan fingerprint density at radius 2 is 1.85 bits per heavy atom. The molecule has 0 saturated carbocycles. The van der Waals surface area contributed by atoms with E-state index in [0.717, 1.165) is 0 Å². The number of phenols is 1. The van der Waals surface area contributed by atoms with E-state index in [0.29, 0.717) is 5.56 Å². The first-order valence-electron chi connectivity index (χ1n) is 3.63. The Bertz CT molecular complexity index is 287. The smallest absolute Gasteiger partial charge is 1.00 e. The second-order valence-electron chi connectivity index (χ2n) is 2.65. The van der Waals surface area contributed by atoms with Crippen molar-refractivity contribution in [2.75, 3.05) is 0 Å². The molecular weight excluding hydrogens is 179 g/mol. The monoisotopic (exact) mass is 190 g/mol. The molecule has 13 heavy (non-hydrogen) atoms. The molecule has 2 N–H and O–H groups in total. The molecule has 1 aromatic carbocycles. The molecule has 1 atom stereocenters. The number of rotatable bonds is 2. The first kappa shape index (κ1) is 12.5. The maximum absolute atomic E-state index is 10.5. The Kier molecular flexibility index (Phi) is 5.06. The molecule has 1 rings (SSSR count). The quantitative estimate of drug-likeness (QED) is 0.570. The summed E-state index contributed by atoms with van der Waals surface area (Å²) in [4.78, 5) is 10.5. The molecule has 3 nitrogen and oxygen atoms in total. The normalized spacial score (nSPS) is 11.5. The number of carboxylic acids is 1. The van der Waals surface area contributed by atoms with Gasteiger partial charge in [-0.1, -0.05) is 12.1 Å². The molecule has 66 valence electrons. The summed E-state index contributed by atoms with van der Waals surface area (Å²) in [5.74, 6) is -1.23. The Morgan fingerprint density at radius 3 is 2.23 bits per heavy atom. The fourth-order valence-electron chi connectivity index (χ4n) is 0.906. The van der Waals surface area contributed by atoms with Gasteiger partial charge in [0, 0.05) is 0 Å². The van der Waals surface area contributed by atoms with Crippen LogP contribution in [0.2, 0.25) is 0 Å². The van der Waals surface area contributed by atoms with E-state index in [-0.39, 0.29) is 36.7 Å². The van der Waals surface area contributed by atoms with Gasteiger partial charge < -0.3 is 11.6 Å². The number of hydrogen-bond acceptors (Lipinski definition) is 2. The van der Waals surface area contributed by atoms with Crippen LogP contribution in [0.15, 0.2) is 24.3 Å². The van der Waals surface area contributed by atoms with Crippen LogP contribution in [0, 0.1) is 0 Å². The van der Waals surface area contributed by atoms with Crippen molar-refractivity contribution in [2.45, 2.75) is 12.8 Å². The number of aromatic hydroxyl groups is 1. The van der Waals surface area contributed by atoms with Crippen LogP contribution in [-0.2, 0) is 4.79 Å². The van der Waals surface area contributed by atoms with Crippen LogP contribution in [0.1, 0.15) is 19.8 Å². The molecule has 0 fully saturated rings. The number of hydrogen-bond donors (Lipinski definition) is 2. The van der Waals surface area contributed by atoms with Crippen molar-refractivity contribution in [3.63, 3.8) is 0 Å². The summed E-state index contributed by atoms with van der Waals surface area (Å²) in [6.45, 7) is 1.61. The zero-order valence-corrected chi connectivity index (χ0v) is 9.69. The van der Waals surface area contributed by atoms with Crippen LogP contribution < -0.4 is 29.6 Å². The zero-order chi connectivity index (χ0) is 9.14. The van der Waals surface area contributed by atoms with Crippen molar-refractivity contribution in [3.8, 4) is 5.75 Å². The van der Waals surface area contributed by atoms with Gasteiger partial charge in [0.05, 0.1) is 5.92 Å². The van der Waals surface area contributed by atoms with Crippen molar-refractivity contribution >= 4 is 5.97 Å². The Balaban J connectivity index is 0. The molecule has 0 amide bonds. The zero-order valence-electron chi connectivity index (χ0n) is 8.69. The van der Waals surface area contributed by atoms with E-state index in [2.05, 4.69) is 0 Å². The molecule has 0 spiro atoms. The topological polar surface area (TPSA) is 57.5 Å². The fraction of sp³-hybridized carbons (Fsp3) is 0.222. The van der Waals surface area contributed by atoms with Gasteiger partial charge in [-0.15, -0.1) is 0 Å². The predicted molar refractivity (Wildman–Crippen MR) is 45.3 cm³/mol. The van der Waals surface area contributed by atoms with Crippen molar-refractivity contribution in [3.05, 3.63) is 29.8 Å². The van der Waals surface area contributed by atoms with Crippen molar-refractivity contribution in [2.24, 2.45) is 0 Å². The summed E-state index contributed by atoms with van der Waals surface area (Å²) in [5.41, 5.74) is 0.695. The molecule has 0 aliphatic rings. The molecule has 1 aromatic rings. The van der Waals surface area contributed by atoms with Gasteiger partial charge in [-0.2, -0.15) is 0 Å².